The Kier molecular flexibility index (Phi) is 6.83. The van der Waals surface area contributed by atoms with Gasteiger partial charge in [0.1, 0.15) is 0 Å². The van der Waals surface area contributed by atoms with E-state index in [1.807, 2.05) is 13.8 Å². The molecule has 0 aliphatic carbocycles. The molecule has 0 saturated heterocycles. The summed E-state index contributed by atoms with van der Waals surface area (Å²) in [6, 6.07) is 4.11. The Bertz CT molecular complexity index is 571. The molecule has 126 valence electrons. The first-order valence-electron chi connectivity index (χ1n) is 6.88. The molecular weight excluding hydrogens is 319 g/mol. The lowest BCUT2D eigenvalue weighted by Crippen LogP contribution is -2.28. The van der Waals surface area contributed by atoms with Gasteiger partial charge >= 0.3 is 6.18 Å². The normalized spacial score (nSPS) is 12.8. The zero-order valence-electron chi connectivity index (χ0n) is 12.5. The lowest BCUT2D eigenvalue weighted by atomic mass is 10.2. The Balaban J connectivity index is 2.64. The molecule has 0 spiro atoms. The van der Waals surface area contributed by atoms with Crippen molar-refractivity contribution in [3.8, 4) is 0 Å². The topological polar surface area (TPSA) is 55.4 Å². The first kappa shape index (κ1) is 18.9. The molecule has 0 bridgehead atoms. The van der Waals surface area contributed by atoms with Crippen LogP contribution in [0.1, 0.15) is 25.8 Å². The fraction of sp³-hybridized carbons (Fsp3) is 0.571. The van der Waals surface area contributed by atoms with Crippen LogP contribution in [0.3, 0.4) is 0 Å². The minimum Gasteiger partial charge on any atom is -0.381 e. The highest BCUT2D eigenvalue weighted by Gasteiger charge is 2.36. The van der Waals surface area contributed by atoms with Gasteiger partial charge in [-0.3, -0.25) is 0 Å². The van der Waals surface area contributed by atoms with E-state index in [-0.39, 0.29) is 6.54 Å². The van der Waals surface area contributed by atoms with Crippen LogP contribution in [0.2, 0.25) is 0 Å². The van der Waals surface area contributed by atoms with Crippen molar-refractivity contribution in [2.75, 3.05) is 19.8 Å². The number of ether oxygens (including phenoxy) is 1. The van der Waals surface area contributed by atoms with Crippen LogP contribution >= 0.6 is 0 Å². The Labute approximate surface area is 128 Å². The highest BCUT2D eigenvalue weighted by atomic mass is 32.2. The van der Waals surface area contributed by atoms with Crippen molar-refractivity contribution in [3.63, 3.8) is 0 Å². The van der Waals surface area contributed by atoms with Gasteiger partial charge in [-0.05, 0) is 24.5 Å². The zero-order valence-corrected chi connectivity index (χ0v) is 13.3. The standard InChI is InChI=1S/C14H20F3NO3S/c1-11(2)10-21-9-5-8-18-22(19,20)13-7-4-3-6-12(13)14(15,16)17/h3-4,6-7,11,18H,5,8-10H2,1-2H3. The molecule has 1 rings (SSSR count). The second-order valence-corrected chi connectivity index (χ2v) is 6.95. The molecule has 22 heavy (non-hydrogen) atoms. The third-order valence-corrected chi connectivity index (χ3v) is 4.21. The van der Waals surface area contributed by atoms with Gasteiger partial charge in [0, 0.05) is 19.8 Å². The van der Waals surface area contributed by atoms with Crippen LogP contribution < -0.4 is 4.72 Å². The molecule has 0 atom stereocenters. The predicted octanol–water partition coefficient (Wildman–Crippen LogP) is 3.05. The number of alkyl halides is 3. The van der Waals surface area contributed by atoms with Crippen molar-refractivity contribution in [3.05, 3.63) is 29.8 Å². The van der Waals surface area contributed by atoms with Gasteiger partial charge < -0.3 is 4.74 Å². The summed E-state index contributed by atoms with van der Waals surface area (Å²) in [6.45, 7) is 4.89. The average molecular weight is 339 g/mol. The van der Waals surface area contributed by atoms with E-state index in [0.717, 1.165) is 18.2 Å². The summed E-state index contributed by atoms with van der Waals surface area (Å²) in [6.07, 6.45) is -4.33. The maximum Gasteiger partial charge on any atom is 0.417 e. The van der Waals surface area contributed by atoms with Gasteiger partial charge in [-0.1, -0.05) is 26.0 Å². The van der Waals surface area contributed by atoms with Gasteiger partial charge in [0.25, 0.3) is 0 Å². The lowest BCUT2D eigenvalue weighted by Gasteiger charge is -2.13. The molecule has 0 aromatic heterocycles. The number of nitrogens with one attached hydrogen (secondary N) is 1. The summed E-state index contributed by atoms with van der Waals surface area (Å²) in [7, 11) is -4.20. The summed E-state index contributed by atoms with van der Waals surface area (Å²) in [5.74, 6) is 0.371. The first-order chi connectivity index (χ1) is 10.1. The van der Waals surface area contributed by atoms with Gasteiger partial charge in [0.05, 0.1) is 10.5 Å². The highest BCUT2D eigenvalue weighted by molar-refractivity contribution is 7.89. The third kappa shape index (κ3) is 5.94. The van der Waals surface area contributed by atoms with E-state index in [1.54, 1.807) is 0 Å². The van der Waals surface area contributed by atoms with Crippen molar-refractivity contribution in [2.45, 2.75) is 31.3 Å². The SMILES string of the molecule is CC(C)COCCCNS(=O)(=O)c1ccccc1C(F)(F)F. The summed E-state index contributed by atoms with van der Waals surface area (Å²) < 4.78 is 69.9. The van der Waals surface area contributed by atoms with Gasteiger partial charge in [0.15, 0.2) is 0 Å². The Morgan fingerprint density at radius 3 is 2.45 bits per heavy atom. The zero-order chi connectivity index (χ0) is 16.8. The van der Waals surface area contributed by atoms with Crippen LogP contribution in [0, 0.1) is 5.92 Å². The molecule has 0 heterocycles. The smallest absolute Gasteiger partial charge is 0.381 e. The average Bonchev–Trinajstić information content (AvgIpc) is 2.41. The van der Waals surface area contributed by atoms with E-state index < -0.39 is 26.7 Å². The van der Waals surface area contributed by atoms with Crippen molar-refractivity contribution < 1.29 is 26.3 Å². The monoisotopic (exact) mass is 339 g/mol. The number of benzene rings is 1. The van der Waals surface area contributed by atoms with Gasteiger partial charge in [0.2, 0.25) is 10.0 Å². The molecule has 1 N–H and O–H groups in total. The van der Waals surface area contributed by atoms with Crippen molar-refractivity contribution in [2.24, 2.45) is 5.92 Å². The van der Waals surface area contributed by atoms with Crippen molar-refractivity contribution >= 4 is 10.0 Å². The molecule has 1 aromatic rings. The second kappa shape index (κ2) is 7.94. The lowest BCUT2D eigenvalue weighted by molar-refractivity contribution is -0.139. The summed E-state index contributed by atoms with van der Waals surface area (Å²) in [5.41, 5.74) is -1.17. The number of hydrogen-bond donors (Lipinski definition) is 1. The fourth-order valence-electron chi connectivity index (χ4n) is 1.71. The van der Waals surface area contributed by atoms with E-state index in [9.17, 15) is 21.6 Å². The van der Waals surface area contributed by atoms with Crippen LogP contribution in [0.4, 0.5) is 13.2 Å². The van der Waals surface area contributed by atoms with E-state index in [1.165, 1.54) is 6.07 Å². The van der Waals surface area contributed by atoms with Crippen LogP contribution in [0.5, 0.6) is 0 Å². The summed E-state index contributed by atoms with van der Waals surface area (Å²) in [4.78, 5) is -0.759. The van der Waals surface area contributed by atoms with Gasteiger partial charge in [-0.2, -0.15) is 13.2 Å². The molecule has 1 aromatic carbocycles. The fourth-order valence-corrected chi connectivity index (χ4v) is 3.01. The predicted molar refractivity (Wildman–Crippen MR) is 76.9 cm³/mol. The molecule has 0 aliphatic heterocycles. The molecule has 8 heteroatoms. The van der Waals surface area contributed by atoms with E-state index >= 15 is 0 Å². The molecule has 4 nitrogen and oxygen atoms in total. The maximum absolute atomic E-state index is 12.8. The van der Waals surface area contributed by atoms with E-state index in [2.05, 4.69) is 4.72 Å². The third-order valence-electron chi connectivity index (χ3n) is 2.69. The van der Waals surface area contributed by atoms with Gasteiger partial charge in [-0.25, -0.2) is 13.1 Å². The maximum atomic E-state index is 12.8. The molecule has 0 unspecified atom stereocenters. The summed E-state index contributed by atoms with van der Waals surface area (Å²) >= 11 is 0. The van der Waals surface area contributed by atoms with Crippen LogP contribution in [-0.4, -0.2) is 28.2 Å². The second-order valence-electron chi connectivity index (χ2n) is 5.21. The molecular formula is C14H20F3NO3S. The van der Waals surface area contributed by atoms with E-state index in [4.69, 9.17) is 4.74 Å². The number of halogens is 3. The highest BCUT2D eigenvalue weighted by Crippen LogP contribution is 2.33. The van der Waals surface area contributed by atoms with Crippen molar-refractivity contribution in [1.29, 1.82) is 0 Å². The van der Waals surface area contributed by atoms with Crippen LogP contribution in [-0.2, 0) is 20.9 Å². The molecule has 0 aliphatic rings. The van der Waals surface area contributed by atoms with Crippen LogP contribution in [0.15, 0.2) is 29.2 Å². The number of hydrogen-bond acceptors (Lipinski definition) is 3. The molecule has 0 fully saturated rings. The Morgan fingerprint density at radius 1 is 1.23 bits per heavy atom. The number of sulfonamides is 1. The molecule has 0 radical (unpaired) electrons. The largest absolute Gasteiger partial charge is 0.417 e. The number of rotatable bonds is 8. The molecule has 0 amide bonds. The minimum absolute atomic E-state index is 0.0205. The van der Waals surface area contributed by atoms with E-state index in [0.29, 0.717) is 25.6 Å². The Morgan fingerprint density at radius 2 is 1.86 bits per heavy atom. The summed E-state index contributed by atoms with van der Waals surface area (Å²) in [5, 5.41) is 0. The Hall–Kier alpha value is -1.12. The van der Waals surface area contributed by atoms with Crippen molar-refractivity contribution in [1.82, 2.24) is 4.72 Å². The molecule has 0 saturated carbocycles. The van der Waals surface area contributed by atoms with Gasteiger partial charge in [-0.15, -0.1) is 0 Å². The minimum atomic E-state index is -4.72. The first-order valence-corrected chi connectivity index (χ1v) is 8.36. The van der Waals surface area contributed by atoms with Crippen LogP contribution in [0.25, 0.3) is 0 Å². The quantitative estimate of drug-likeness (QED) is 0.741.